The molecule has 1 amide bonds. The number of methoxy groups -OCH3 is 1. The van der Waals surface area contributed by atoms with E-state index in [1.54, 1.807) is 7.11 Å². The van der Waals surface area contributed by atoms with Gasteiger partial charge in [0.15, 0.2) is 0 Å². The lowest BCUT2D eigenvalue weighted by atomic mass is 10.2. The predicted molar refractivity (Wildman–Crippen MR) is 88.9 cm³/mol. The molecule has 2 rings (SSSR count). The Balaban J connectivity index is 1.83. The molecule has 0 N–H and O–H groups in total. The van der Waals surface area contributed by atoms with Gasteiger partial charge in [-0.25, -0.2) is 0 Å². The van der Waals surface area contributed by atoms with Crippen molar-refractivity contribution < 1.29 is 9.53 Å². The Hall–Kier alpha value is -1.55. The lowest BCUT2D eigenvalue weighted by molar-refractivity contribution is -0.131. The third-order valence-corrected chi connectivity index (χ3v) is 4.12. The molecular weight excluding hydrogens is 276 g/mol. The van der Waals surface area contributed by atoms with Gasteiger partial charge in [-0.05, 0) is 49.4 Å². The van der Waals surface area contributed by atoms with Crippen molar-refractivity contribution >= 4 is 5.91 Å². The molecule has 1 saturated carbocycles. The van der Waals surface area contributed by atoms with Crippen LogP contribution in [0.2, 0.25) is 0 Å². The predicted octanol–water partition coefficient (Wildman–Crippen LogP) is 2.78. The number of likely N-dealkylation sites (N-methyl/N-ethyl adjacent to an activating group) is 1. The van der Waals surface area contributed by atoms with Gasteiger partial charge in [0, 0.05) is 20.1 Å². The quantitative estimate of drug-likeness (QED) is 0.703. The monoisotopic (exact) mass is 304 g/mol. The van der Waals surface area contributed by atoms with Gasteiger partial charge in [-0.2, -0.15) is 0 Å². The van der Waals surface area contributed by atoms with Gasteiger partial charge < -0.3 is 9.64 Å². The van der Waals surface area contributed by atoms with Crippen molar-refractivity contribution in [2.24, 2.45) is 5.92 Å². The zero-order chi connectivity index (χ0) is 15.9. The number of hydrogen-bond donors (Lipinski definition) is 0. The van der Waals surface area contributed by atoms with Gasteiger partial charge in [-0.1, -0.05) is 19.1 Å². The second-order valence-electron chi connectivity index (χ2n) is 6.28. The van der Waals surface area contributed by atoms with Crippen LogP contribution in [0.3, 0.4) is 0 Å². The molecule has 0 heterocycles. The SMILES string of the molecule is CCCN(CC(=O)N(C)Cc1ccc(OC)cc1)CC1CC1. The Morgan fingerprint density at radius 1 is 1.27 bits per heavy atom. The molecule has 22 heavy (non-hydrogen) atoms. The summed E-state index contributed by atoms with van der Waals surface area (Å²) in [5, 5.41) is 0. The lowest BCUT2D eigenvalue weighted by Crippen LogP contribution is -2.39. The van der Waals surface area contributed by atoms with Crippen LogP contribution >= 0.6 is 0 Å². The zero-order valence-electron chi connectivity index (χ0n) is 14.0. The smallest absolute Gasteiger partial charge is 0.236 e. The highest BCUT2D eigenvalue weighted by Crippen LogP contribution is 2.29. The minimum absolute atomic E-state index is 0.199. The molecule has 0 radical (unpaired) electrons. The third kappa shape index (κ3) is 5.34. The Morgan fingerprint density at radius 2 is 1.95 bits per heavy atom. The van der Waals surface area contributed by atoms with E-state index >= 15 is 0 Å². The summed E-state index contributed by atoms with van der Waals surface area (Å²) in [4.78, 5) is 16.5. The molecule has 4 nitrogen and oxygen atoms in total. The summed E-state index contributed by atoms with van der Waals surface area (Å²) in [7, 11) is 3.54. The largest absolute Gasteiger partial charge is 0.497 e. The van der Waals surface area contributed by atoms with E-state index in [-0.39, 0.29) is 5.91 Å². The molecule has 0 unspecified atom stereocenters. The molecule has 122 valence electrons. The van der Waals surface area contributed by atoms with E-state index in [1.165, 1.54) is 12.8 Å². The van der Waals surface area contributed by atoms with Crippen molar-refractivity contribution in [2.45, 2.75) is 32.7 Å². The molecule has 0 aliphatic heterocycles. The number of rotatable bonds is 9. The van der Waals surface area contributed by atoms with Crippen LogP contribution in [0.5, 0.6) is 5.75 Å². The zero-order valence-corrected chi connectivity index (χ0v) is 14.0. The van der Waals surface area contributed by atoms with E-state index in [4.69, 9.17) is 4.74 Å². The molecule has 0 bridgehead atoms. The van der Waals surface area contributed by atoms with Crippen LogP contribution < -0.4 is 4.74 Å². The number of benzene rings is 1. The molecule has 0 aromatic heterocycles. The topological polar surface area (TPSA) is 32.8 Å². The molecular formula is C18H28N2O2. The first-order valence-corrected chi connectivity index (χ1v) is 8.21. The average molecular weight is 304 g/mol. The Bertz CT molecular complexity index is 468. The number of carbonyl (C=O) groups is 1. The number of carbonyl (C=O) groups excluding carboxylic acids is 1. The molecule has 4 heteroatoms. The molecule has 1 fully saturated rings. The van der Waals surface area contributed by atoms with Crippen LogP contribution in [-0.2, 0) is 11.3 Å². The van der Waals surface area contributed by atoms with Crippen LogP contribution in [0.4, 0.5) is 0 Å². The second kappa shape index (κ2) is 8.18. The first-order valence-electron chi connectivity index (χ1n) is 8.21. The maximum absolute atomic E-state index is 12.4. The van der Waals surface area contributed by atoms with Crippen LogP contribution in [0.15, 0.2) is 24.3 Å². The summed E-state index contributed by atoms with van der Waals surface area (Å²) in [6, 6.07) is 7.89. The minimum atomic E-state index is 0.199. The summed E-state index contributed by atoms with van der Waals surface area (Å²) >= 11 is 0. The van der Waals surface area contributed by atoms with Crippen molar-refractivity contribution in [2.75, 3.05) is 33.8 Å². The van der Waals surface area contributed by atoms with Crippen molar-refractivity contribution in [1.82, 2.24) is 9.80 Å². The minimum Gasteiger partial charge on any atom is -0.497 e. The first kappa shape index (κ1) is 16.8. The van der Waals surface area contributed by atoms with Crippen molar-refractivity contribution in [3.63, 3.8) is 0 Å². The summed E-state index contributed by atoms with van der Waals surface area (Å²) in [6.45, 7) is 5.45. The van der Waals surface area contributed by atoms with Gasteiger partial charge in [-0.3, -0.25) is 9.69 Å². The highest BCUT2D eigenvalue weighted by Gasteiger charge is 2.25. The van der Waals surface area contributed by atoms with E-state index in [2.05, 4.69) is 11.8 Å². The van der Waals surface area contributed by atoms with Gasteiger partial charge in [0.1, 0.15) is 5.75 Å². The van der Waals surface area contributed by atoms with Gasteiger partial charge >= 0.3 is 0 Å². The van der Waals surface area contributed by atoms with Crippen molar-refractivity contribution in [1.29, 1.82) is 0 Å². The summed E-state index contributed by atoms with van der Waals surface area (Å²) in [5.41, 5.74) is 1.13. The van der Waals surface area contributed by atoms with Gasteiger partial charge in [0.2, 0.25) is 5.91 Å². The maximum Gasteiger partial charge on any atom is 0.236 e. The molecule has 1 aromatic rings. The highest BCUT2D eigenvalue weighted by atomic mass is 16.5. The molecule has 1 aliphatic rings. The summed E-state index contributed by atoms with van der Waals surface area (Å²) in [5.74, 6) is 1.87. The fourth-order valence-corrected chi connectivity index (χ4v) is 2.62. The average Bonchev–Trinajstić information content (AvgIpc) is 3.32. The van der Waals surface area contributed by atoms with Crippen LogP contribution in [0.25, 0.3) is 0 Å². The Labute approximate surface area is 134 Å². The molecule has 1 aromatic carbocycles. The number of nitrogens with zero attached hydrogens (tertiary/aromatic N) is 2. The van der Waals surface area contributed by atoms with Gasteiger partial charge in [-0.15, -0.1) is 0 Å². The van der Waals surface area contributed by atoms with E-state index in [0.717, 1.165) is 36.7 Å². The number of amides is 1. The molecule has 0 atom stereocenters. The second-order valence-corrected chi connectivity index (χ2v) is 6.28. The van der Waals surface area contributed by atoms with Crippen molar-refractivity contribution in [3.8, 4) is 5.75 Å². The first-order chi connectivity index (χ1) is 10.6. The van der Waals surface area contributed by atoms with Crippen LogP contribution in [0.1, 0.15) is 31.7 Å². The molecule has 1 aliphatic carbocycles. The van der Waals surface area contributed by atoms with Crippen molar-refractivity contribution in [3.05, 3.63) is 29.8 Å². The molecule has 0 saturated heterocycles. The third-order valence-electron chi connectivity index (χ3n) is 4.12. The fourth-order valence-electron chi connectivity index (χ4n) is 2.62. The maximum atomic E-state index is 12.4. The van der Waals surface area contributed by atoms with Crippen LogP contribution in [0, 0.1) is 5.92 Å². The fraction of sp³-hybridized carbons (Fsp3) is 0.611. The van der Waals surface area contributed by atoms with Gasteiger partial charge in [0.05, 0.1) is 13.7 Å². The molecule has 0 spiro atoms. The number of ether oxygens (including phenoxy) is 1. The summed E-state index contributed by atoms with van der Waals surface area (Å²) in [6.07, 6.45) is 3.76. The Kier molecular flexibility index (Phi) is 6.25. The number of hydrogen-bond acceptors (Lipinski definition) is 3. The normalized spacial score (nSPS) is 14.2. The van der Waals surface area contributed by atoms with E-state index in [1.807, 2.05) is 36.2 Å². The summed E-state index contributed by atoms with van der Waals surface area (Å²) < 4.78 is 5.16. The van der Waals surface area contributed by atoms with Gasteiger partial charge in [0.25, 0.3) is 0 Å². The van der Waals surface area contributed by atoms with E-state index < -0.39 is 0 Å². The van der Waals surface area contributed by atoms with Crippen LogP contribution in [-0.4, -0.2) is 49.5 Å². The standard InChI is InChI=1S/C18H28N2O2/c1-4-11-20(13-16-5-6-16)14-18(21)19(2)12-15-7-9-17(22-3)10-8-15/h7-10,16H,4-6,11-14H2,1-3H3. The Morgan fingerprint density at radius 3 is 2.50 bits per heavy atom. The highest BCUT2D eigenvalue weighted by molar-refractivity contribution is 5.78. The van der Waals surface area contributed by atoms with E-state index in [0.29, 0.717) is 13.1 Å². The van der Waals surface area contributed by atoms with E-state index in [9.17, 15) is 4.79 Å². The lowest BCUT2D eigenvalue weighted by Gasteiger charge is -2.25.